The largest absolute Gasteiger partial charge is 0.459 e. The molecule has 0 aliphatic rings. The van der Waals surface area contributed by atoms with E-state index in [1.54, 1.807) is 6.07 Å². The van der Waals surface area contributed by atoms with E-state index in [9.17, 15) is 4.79 Å². The molecule has 0 radical (unpaired) electrons. The van der Waals surface area contributed by atoms with Gasteiger partial charge in [-0.1, -0.05) is 6.07 Å². The Bertz CT molecular complexity index is 267. The summed E-state index contributed by atoms with van der Waals surface area (Å²) < 4.78 is 10.2. The molecule has 0 saturated carbocycles. The molecular weight excluding hydrogens is 200 g/mol. The molecule has 0 aromatic carbocycles. The van der Waals surface area contributed by atoms with Crippen molar-refractivity contribution in [1.29, 1.82) is 0 Å². The van der Waals surface area contributed by atoms with E-state index in [4.69, 9.17) is 9.47 Å². The third kappa shape index (κ3) is 3.89. The second-order valence-electron chi connectivity index (χ2n) is 3.03. The summed E-state index contributed by atoms with van der Waals surface area (Å²) in [5.41, 5.74) is 0. The quantitative estimate of drug-likeness (QED) is 0.557. The molecule has 78 valence electrons. The molecule has 1 aromatic rings. The summed E-state index contributed by atoms with van der Waals surface area (Å²) in [6.07, 6.45) is 0.176. The van der Waals surface area contributed by atoms with Gasteiger partial charge < -0.3 is 9.47 Å². The summed E-state index contributed by atoms with van der Waals surface area (Å²) in [6.45, 7) is 4.66. The molecule has 14 heavy (non-hydrogen) atoms. The second-order valence-corrected chi connectivity index (χ2v) is 3.98. The minimum atomic E-state index is -0.271. The Hall–Kier alpha value is -0.870. The maximum Gasteiger partial charge on any atom is 0.348 e. The minimum absolute atomic E-state index is 0.176. The van der Waals surface area contributed by atoms with Crippen LogP contribution in [0.15, 0.2) is 17.5 Å². The second kappa shape index (κ2) is 5.78. The zero-order valence-corrected chi connectivity index (χ0v) is 9.17. The number of thiophene rings is 1. The number of ether oxygens (including phenoxy) is 2. The van der Waals surface area contributed by atoms with Gasteiger partial charge in [0.25, 0.3) is 0 Å². The van der Waals surface area contributed by atoms with Gasteiger partial charge in [0.05, 0.1) is 12.7 Å². The smallest absolute Gasteiger partial charge is 0.348 e. The highest BCUT2D eigenvalue weighted by atomic mass is 32.1. The van der Waals surface area contributed by atoms with Crippen LogP contribution in [0.3, 0.4) is 0 Å². The van der Waals surface area contributed by atoms with E-state index in [2.05, 4.69) is 0 Å². The predicted octanol–water partition coefficient (Wildman–Crippen LogP) is 2.33. The molecule has 0 spiro atoms. The maximum absolute atomic E-state index is 11.3. The number of esters is 1. The molecule has 3 nitrogen and oxygen atoms in total. The van der Waals surface area contributed by atoms with Crippen molar-refractivity contribution < 1.29 is 14.3 Å². The van der Waals surface area contributed by atoms with Gasteiger partial charge in [-0.3, -0.25) is 0 Å². The van der Waals surface area contributed by atoms with Crippen LogP contribution in [0.1, 0.15) is 23.5 Å². The average Bonchev–Trinajstić information content (AvgIpc) is 2.64. The lowest BCUT2D eigenvalue weighted by Crippen LogP contribution is -2.12. The minimum Gasteiger partial charge on any atom is -0.459 e. The van der Waals surface area contributed by atoms with Gasteiger partial charge in [-0.2, -0.15) is 0 Å². The first-order valence-electron chi connectivity index (χ1n) is 4.52. The van der Waals surface area contributed by atoms with E-state index in [1.807, 2.05) is 25.3 Å². The third-order valence-corrected chi connectivity index (χ3v) is 2.34. The lowest BCUT2D eigenvalue weighted by Gasteiger charge is -2.07. The Morgan fingerprint density at radius 2 is 2.29 bits per heavy atom. The van der Waals surface area contributed by atoms with Crippen molar-refractivity contribution in [2.75, 3.05) is 13.2 Å². The maximum atomic E-state index is 11.3. The van der Waals surface area contributed by atoms with Crippen LogP contribution in [0.25, 0.3) is 0 Å². The molecule has 4 heteroatoms. The summed E-state index contributed by atoms with van der Waals surface area (Å²) in [5.74, 6) is -0.271. The molecule has 0 aliphatic heterocycles. The van der Waals surface area contributed by atoms with Crippen molar-refractivity contribution in [3.05, 3.63) is 22.4 Å². The van der Waals surface area contributed by atoms with Crippen molar-refractivity contribution >= 4 is 17.3 Å². The first kappa shape index (κ1) is 11.2. The van der Waals surface area contributed by atoms with Crippen LogP contribution in [0, 0.1) is 0 Å². The molecule has 0 saturated heterocycles. The van der Waals surface area contributed by atoms with Crippen molar-refractivity contribution in [2.45, 2.75) is 20.0 Å². The Morgan fingerprint density at radius 3 is 2.86 bits per heavy atom. The van der Waals surface area contributed by atoms with Crippen molar-refractivity contribution in [1.82, 2.24) is 0 Å². The Morgan fingerprint density at radius 1 is 1.50 bits per heavy atom. The molecular formula is C10H14O3S. The standard InChI is InChI=1S/C10H14O3S/c1-8(2)12-5-6-13-10(11)9-4-3-7-14-9/h3-4,7-8H,5-6H2,1-2H3. The van der Waals surface area contributed by atoms with Crippen LogP contribution in [0.4, 0.5) is 0 Å². The Labute approximate surface area is 87.7 Å². The van der Waals surface area contributed by atoms with Crippen LogP contribution >= 0.6 is 11.3 Å². The number of carbonyl (C=O) groups excluding carboxylic acids is 1. The molecule has 0 atom stereocenters. The van der Waals surface area contributed by atoms with Gasteiger partial charge in [0.1, 0.15) is 11.5 Å². The van der Waals surface area contributed by atoms with E-state index < -0.39 is 0 Å². The highest BCUT2D eigenvalue weighted by molar-refractivity contribution is 7.11. The van der Waals surface area contributed by atoms with Crippen LogP contribution < -0.4 is 0 Å². The average molecular weight is 214 g/mol. The van der Waals surface area contributed by atoms with Gasteiger partial charge in [0.15, 0.2) is 0 Å². The summed E-state index contributed by atoms with van der Waals surface area (Å²) in [7, 11) is 0. The summed E-state index contributed by atoms with van der Waals surface area (Å²) in [6, 6.07) is 3.57. The fraction of sp³-hybridized carbons (Fsp3) is 0.500. The number of rotatable bonds is 5. The Kier molecular flexibility index (Phi) is 4.62. The third-order valence-electron chi connectivity index (χ3n) is 1.49. The molecule has 0 N–H and O–H groups in total. The van der Waals surface area contributed by atoms with Gasteiger partial charge in [0.2, 0.25) is 0 Å². The fourth-order valence-electron chi connectivity index (χ4n) is 0.884. The number of carbonyl (C=O) groups is 1. The summed E-state index contributed by atoms with van der Waals surface area (Å²) in [5, 5.41) is 1.85. The van der Waals surface area contributed by atoms with Crippen molar-refractivity contribution in [3.63, 3.8) is 0 Å². The molecule has 0 fully saturated rings. The zero-order valence-electron chi connectivity index (χ0n) is 8.36. The normalized spacial score (nSPS) is 10.5. The van der Waals surface area contributed by atoms with Crippen LogP contribution in [-0.4, -0.2) is 25.3 Å². The van der Waals surface area contributed by atoms with Gasteiger partial charge in [-0.15, -0.1) is 11.3 Å². The Balaban J connectivity index is 2.16. The molecule has 0 amide bonds. The molecule has 0 unspecified atom stereocenters. The topological polar surface area (TPSA) is 35.5 Å². The molecule has 1 rings (SSSR count). The summed E-state index contributed by atoms with van der Waals surface area (Å²) in [4.78, 5) is 11.9. The van der Waals surface area contributed by atoms with Crippen LogP contribution in [0.5, 0.6) is 0 Å². The van der Waals surface area contributed by atoms with Crippen LogP contribution in [0.2, 0.25) is 0 Å². The van der Waals surface area contributed by atoms with E-state index >= 15 is 0 Å². The lowest BCUT2D eigenvalue weighted by atomic mass is 10.5. The first-order chi connectivity index (χ1) is 6.70. The van der Waals surface area contributed by atoms with Gasteiger partial charge >= 0.3 is 5.97 Å². The van der Waals surface area contributed by atoms with E-state index in [0.717, 1.165) is 0 Å². The lowest BCUT2D eigenvalue weighted by molar-refractivity contribution is 0.0180. The summed E-state index contributed by atoms with van der Waals surface area (Å²) >= 11 is 1.38. The molecule has 0 bridgehead atoms. The van der Waals surface area contributed by atoms with Crippen molar-refractivity contribution in [3.8, 4) is 0 Å². The van der Waals surface area contributed by atoms with Gasteiger partial charge in [-0.25, -0.2) is 4.79 Å². The van der Waals surface area contributed by atoms with E-state index in [0.29, 0.717) is 18.1 Å². The fourth-order valence-corrected chi connectivity index (χ4v) is 1.50. The van der Waals surface area contributed by atoms with Gasteiger partial charge in [-0.05, 0) is 25.3 Å². The van der Waals surface area contributed by atoms with Crippen LogP contribution in [-0.2, 0) is 9.47 Å². The first-order valence-corrected chi connectivity index (χ1v) is 5.40. The monoisotopic (exact) mass is 214 g/mol. The number of hydrogen-bond donors (Lipinski definition) is 0. The van der Waals surface area contributed by atoms with Gasteiger partial charge in [0, 0.05) is 0 Å². The highest BCUT2D eigenvalue weighted by Gasteiger charge is 2.06. The number of hydrogen-bond acceptors (Lipinski definition) is 4. The van der Waals surface area contributed by atoms with E-state index in [1.165, 1.54) is 11.3 Å². The zero-order chi connectivity index (χ0) is 10.4. The molecule has 1 heterocycles. The SMILES string of the molecule is CC(C)OCCOC(=O)c1cccs1. The van der Waals surface area contributed by atoms with Crippen molar-refractivity contribution in [2.24, 2.45) is 0 Å². The highest BCUT2D eigenvalue weighted by Crippen LogP contribution is 2.09. The van der Waals surface area contributed by atoms with E-state index in [-0.39, 0.29) is 12.1 Å². The molecule has 1 aromatic heterocycles. The predicted molar refractivity (Wildman–Crippen MR) is 55.7 cm³/mol. The molecule has 0 aliphatic carbocycles.